The number of nitrogens with one attached hydrogen (secondary N) is 1. The van der Waals surface area contributed by atoms with Gasteiger partial charge in [0.15, 0.2) is 0 Å². The maximum absolute atomic E-state index is 11.3. The third-order valence-corrected chi connectivity index (χ3v) is 4.89. The van der Waals surface area contributed by atoms with Crippen molar-refractivity contribution in [1.29, 1.82) is 0 Å². The van der Waals surface area contributed by atoms with E-state index in [9.17, 15) is 8.42 Å². The molecule has 0 saturated carbocycles. The zero-order chi connectivity index (χ0) is 14.9. The van der Waals surface area contributed by atoms with Crippen molar-refractivity contribution in [1.82, 2.24) is 19.4 Å². The molecule has 3 rings (SSSR count). The van der Waals surface area contributed by atoms with Crippen molar-refractivity contribution in [2.45, 2.75) is 31.5 Å². The van der Waals surface area contributed by atoms with Crippen LogP contribution < -0.4 is 4.72 Å². The highest BCUT2D eigenvalue weighted by Gasteiger charge is 2.31. The normalized spacial score (nSPS) is 24.9. The third-order valence-electron chi connectivity index (χ3n) is 4.20. The summed E-state index contributed by atoms with van der Waals surface area (Å²) in [6.45, 7) is 3.70. The summed E-state index contributed by atoms with van der Waals surface area (Å²) in [6, 6.07) is 2.57. The van der Waals surface area contributed by atoms with Crippen molar-refractivity contribution in [3.63, 3.8) is 0 Å². The monoisotopic (exact) mass is 314 g/mol. The van der Waals surface area contributed by atoms with Crippen LogP contribution in [0.4, 0.5) is 0 Å². The molecule has 1 unspecified atom stereocenters. The zero-order valence-electron chi connectivity index (χ0n) is 12.2. The van der Waals surface area contributed by atoms with Crippen LogP contribution >= 0.6 is 0 Å². The van der Waals surface area contributed by atoms with Crippen LogP contribution in [0.1, 0.15) is 24.6 Å². The molecular formula is C13H22N4O3S. The summed E-state index contributed by atoms with van der Waals surface area (Å²) >= 11 is 0. The van der Waals surface area contributed by atoms with Crippen LogP contribution in [-0.2, 0) is 21.3 Å². The number of fused-ring (bicyclic) bond motifs is 1. The average Bonchev–Trinajstić information content (AvgIpc) is 2.93. The first-order valence-corrected chi connectivity index (χ1v) is 9.21. The van der Waals surface area contributed by atoms with Gasteiger partial charge in [0.05, 0.1) is 18.0 Å². The van der Waals surface area contributed by atoms with Crippen molar-refractivity contribution >= 4 is 10.0 Å². The number of aromatic nitrogens is 2. The van der Waals surface area contributed by atoms with Gasteiger partial charge < -0.3 is 4.74 Å². The number of rotatable bonds is 4. The second-order valence-corrected chi connectivity index (χ2v) is 7.65. The Labute approximate surface area is 125 Å². The second-order valence-electron chi connectivity index (χ2n) is 5.81. The predicted octanol–water partition coefficient (Wildman–Crippen LogP) is -0.0320. The van der Waals surface area contributed by atoms with Crippen LogP contribution in [0.15, 0.2) is 12.3 Å². The molecule has 0 amide bonds. The Morgan fingerprint density at radius 1 is 1.43 bits per heavy atom. The fourth-order valence-corrected chi connectivity index (χ4v) is 3.64. The fraction of sp³-hybridized carbons (Fsp3) is 0.769. The van der Waals surface area contributed by atoms with Crippen LogP contribution in [0.2, 0.25) is 0 Å². The fourth-order valence-electron chi connectivity index (χ4n) is 3.14. The summed E-state index contributed by atoms with van der Waals surface area (Å²) in [5.74, 6) is 0. The molecule has 1 N–H and O–H groups in total. The van der Waals surface area contributed by atoms with Crippen LogP contribution in [0.5, 0.6) is 0 Å². The lowest BCUT2D eigenvalue weighted by molar-refractivity contribution is 0.0170. The summed E-state index contributed by atoms with van der Waals surface area (Å²) in [5.41, 5.74) is 1.15. The van der Waals surface area contributed by atoms with E-state index in [0.29, 0.717) is 12.6 Å². The van der Waals surface area contributed by atoms with E-state index in [0.717, 1.165) is 44.8 Å². The molecule has 1 saturated heterocycles. The van der Waals surface area contributed by atoms with Gasteiger partial charge in [-0.2, -0.15) is 5.10 Å². The number of hydrogen-bond donors (Lipinski definition) is 1. The Morgan fingerprint density at radius 3 is 2.90 bits per heavy atom. The second kappa shape index (κ2) is 6.04. The Bertz CT molecular complexity index is 580. The van der Waals surface area contributed by atoms with Gasteiger partial charge in [0, 0.05) is 45.1 Å². The van der Waals surface area contributed by atoms with Crippen molar-refractivity contribution in [2.75, 3.05) is 32.6 Å². The van der Waals surface area contributed by atoms with E-state index in [1.54, 1.807) is 6.20 Å². The molecule has 1 atom stereocenters. The van der Waals surface area contributed by atoms with Gasteiger partial charge in [-0.3, -0.25) is 9.58 Å². The van der Waals surface area contributed by atoms with Crippen LogP contribution in [0, 0.1) is 0 Å². The summed E-state index contributed by atoms with van der Waals surface area (Å²) in [7, 11) is -3.18. The lowest BCUT2D eigenvalue weighted by Gasteiger charge is -2.40. The number of sulfonamides is 1. The van der Waals surface area contributed by atoms with Gasteiger partial charge in [-0.05, 0) is 18.9 Å². The third kappa shape index (κ3) is 3.63. The quantitative estimate of drug-likeness (QED) is 0.844. The predicted molar refractivity (Wildman–Crippen MR) is 78.4 cm³/mol. The first kappa shape index (κ1) is 15.0. The van der Waals surface area contributed by atoms with Gasteiger partial charge in [0.2, 0.25) is 10.0 Å². The molecule has 0 aromatic carbocycles. The molecule has 118 valence electrons. The molecule has 0 bridgehead atoms. The molecule has 0 aliphatic carbocycles. The highest BCUT2D eigenvalue weighted by Crippen LogP contribution is 2.25. The minimum absolute atomic E-state index is 0.0429. The standard InChI is InChI=1S/C13H22N4O3S/c1-21(18,19)15-8-13-10-16(11-3-6-20-7-4-11)9-12-2-5-14-17(12)13/h2,5,11,13,15H,3-4,6-10H2,1H3. The summed E-state index contributed by atoms with van der Waals surface area (Å²) in [4.78, 5) is 2.44. The molecule has 7 nitrogen and oxygen atoms in total. The smallest absolute Gasteiger partial charge is 0.208 e. The zero-order valence-corrected chi connectivity index (χ0v) is 13.1. The summed E-state index contributed by atoms with van der Waals surface area (Å²) in [6.07, 6.45) is 5.06. The molecule has 0 radical (unpaired) electrons. The lowest BCUT2D eigenvalue weighted by Crippen LogP contribution is -2.48. The van der Waals surface area contributed by atoms with Gasteiger partial charge in [0.25, 0.3) is 0 Å². The van der Waals surface area contributed by atoms with E-state index < -0.39 is 10.0 Å². The Morgan fingerprint density at radius 2 is 2.19 bits per heavy atom. The molecule has 3 heterocycles. The maximum Gasteiger partial charge on any atom is 0.208 e. The van der Waals surface area contributed by atoms with E-state index >= 15 is 0 Å². The van der Waals surface area contributed by atoms with Gasteiger partial charge in [0.1, 0.15) is 0 Å². The van der Waals surface area contributed by atoms with Gasteiger partial charge >= 0.3 is 0 Å². The lowest BCUT2D eigenvalue weighted by atomic mass is 10.0. The number of hydrogen-bond acceptors (Lipinski definition) is 5. The Balaban J connectivity index is 1.73. The van der Waals surface area contributed by atoms with Crippen molar-refractivity contribution in [3.8, 4) is 0 Å². The summed E-state index contributed by atoms with van der Waals surface area (Å²) < 4.78 is 32.7. The van der Waals surface area contributed by atoms with Crippen molar-refractivity contribution in [3.05, 3.63) is 18.0 Å². The topological polar surface area (TPSA) is 76.5 Å². The van der Waals surface area contributed by atoms with E-state index in [4.69, 9.17) is 4.74 Å². The van der Waals surface area contributed by atoms with Crippen LogP contribution in [0.3, 0.4) is 0 Å². The Hall–Kier alpha value is -0.960. The van der Waals surface area contributed by atoms with Crippen molar-refractivity contribution < 1.29 is 13.2 Å². The molecule has 1 aromatic heterocycles. The van der Waals surface area contributed by atoms with E-state index in [1.807, 2.05) is 10.7 Å². The minimum Gasteiger partial charge on any atom is -0.381 e. The van der Waals surface area contributed by atoms with E-state index in [-0.39, 0.29) is 6.04 Å². The molecular weight excluding hydrogens is 292 g/mol. The largest absolute Gasteiger partial charge is 0.381 e. The van der Waals surface area contributed by atoms with E-state index in [1.165, 1.54) is 6.26 Å². The minimum atomic E-state index is -3.18. The highest BCUT2D eigenvalue weighted by atomic mass is 32.2. The SMILES string of the molecule is CS(=O)(=O)NCC1CN(C2CCOCC2)Cc2ccnn21. The molecule has 1 aromatic rings. The first-order chi connectivity index (χ1) is 10.0. The first-order valence-electron chi connectivity index (χ1n) is 7.32. The van der Waals surface area contributed by atoms with Gasteiger partial charge in [-0.1, -0.05) is 0 Å². The maximum atomic E-state index is 11.3. The summed E-state index contributed by atoms with van der Waals surface area (Å²) in [5, 5.41) is 4.35. The Kier molecular flexibility index (Phi) is 4.30. The van der Waals surface area contributed by atoms with Crippen LogP contribution in [0.25, 0.3) is 0 Å². The number of nitrogens with zero attached hydrogens (tertiary/aromatic N) is 3. The molecule has 21 heavy (non-hydrogen) atoms. The van der Waals surface area contributed by atoms with Crippen LogP contribution in [-0.4, -0.2) is 61.7 Å². The van der Waals surface area contributed by atoms with Gasteiger partial charge in [-0.15, -0.1) is 0 Å². The van der Waals surface area contributed by atoms with Crippen molar-refractivity contribution in [2.24, 2.45) is 0 Å². The molecule has 0 spiro atoms. The van der Waals surface area contributed by atoms with Gasteiger partial charge in [-0.25, -0.2) is 13.1 Å². The van der Waals surface area contributed by atoms with E-state index in [2.05, 4.69) is 14.7 Å². The molecule has 2 aliphatic rings. The highest BCUT2D eigenvalue weighted by molar-refractivity contribution is 7.88. The molecule has 2 aliphatic heterocycles. The molecule has 1 fully saturated rings. The number of ether oxygens (including phenoxy) is 1. The molecule has 8 heteroatoms. The average molecular weight is 314 g/mol.